The summed E-state index contributed by atoms with van der Waals surface area (Å²) in [6.07, 6.45) is 0.605. The minimum absolute atomic E-state index is 0.0832. The zero-order valence-corrected chi connectivity index (χ0v) is 14.6. The molecular weight excluding hydrogens is 321 g/mol. The summed E-state index contributed by atoms with van der Waals surface area (Å²) in [6, 6.07) is 4.59. The van der Waals surface area contributed by atoms with E-state index in [1.165, 1.54) is 11.0 Å². The van der Waals surface area contributed by atoms with Gasteiger partial charge in [0.1, 0.15) is 9.84 Å². The number of benzene rings is 1. The quantitative estimate of drug-likeness (QED) is 0.836. The third-order valence-corrected chi connectivity index (χ3v) is 4.68. The second kappa shape index (κ2) is 6.11. The fourth-order valence-electron chi connectivity index (χ4n) is 2.57. The molecule has 0 spiro atoms. The van der Waals surface area contributed by atoms with E-state index in [9.17, 15) is 17.6 Å². The lowest BCUT2D eigenvalue weighted by atomic mass is 10.0. The van der Waals surface area contributed by atoms with Gasteiger partial charge in [0, 0.05) is 30.3 Å². The standard InChI is InChI=1S/C16H22FNO4S/c1-16(2,3)18(8-9-23(4,20)21)15(19)13-10-11-6-5-7-12(17)14(11)22-13/h5-7,13H,8-10H2,1-4H3. The van der Waals surface area contributed by atoms with Gasteiger partial charge in [0.15, 0.2) is 17.7 Å². The van der Waals surface area contributed by atoms with Gasteiger partial charge in [0.25, 0.3) is 5.91 Å². The zero-order chi connectivity index (χ0) is 17.4. The molecule has 1 aromatic carbocycles. The summed E-state index contributed by atoms with van der Waals surface area (Å²) in [7, 11) is -3.19. The van der Waals surface area contributed by atoms with Crippen molar-refractivity contribution in [3.05, 3.63) is 29.6 Å². The molecule has 7 heteroatoms. The summed E-state index contributed by atoms with van der Waals surface area (Å²) in [5.41, 5.74) is 0.0960. The van der Waals surface area contributed by atoms with Crippen LogP contribution in [0.25, 0.3) is 0 Å². The number of fused-ring (bicyclic) bond motifs is 1. The van der Waals surface area contributed by atoms with Gasteiger partial charge in [-0.05, 0) is 26.8 Å². The first-order chi connectivity index (χ1) is 10.5. The lowest BCUT2D eigenvalue weighted by Crippen LogP contribution is -2.52. The molecule has 128 valence electrons. The van der Waals surface area contributed by atoms with Crippen LogP contribution in [0.15, 0.2) is 18.2 Å². The maximum absolute atomic E-state index is 13.7. The molecule has 0 saturated heterocycles. The number of carbonyl (C=O) groups is 1. The lowest BCUT2D eigenvalue weighted by Gasteiger charge is -2.37. The van der Waals surface area contributed by atoms with Crippen LogP contribution < -0.4 is 4.74 Å². The third-order valence-electron chi connectivity index (χ3n) is 3.75. The van der Waals surface area contributed by atoms with Crippen molar-refractivity contribution in [3.63, 3.8) is 0 Å². The van der Waals surface area contributed by atoms with Crippen molar-refractivity contribution in [3.8, 4) is 5.75 Å². The highest BCUT2D eigenvalue weighted by atomic mass is 32.2. The van der Waals surface area contributed by atoms with Crippen molar-refractivity contribution in [1.29, 1.82) is 0 Å². The van der Waals surface area contributed by atoms with Gasteiger partial charge in [-0.25, -0.2) is 12.8 Å². The number of ether oxygens (including phenoxy) is 1. The van der Waals surface area contributed by atoms with Crippen LogP contribution in [0.4, 0.5) is 4.39 Å². The molecule has 5 nitrogen and oxygen atoms in total. The Morgan fingerprint density at radius 1 is 1.39 bits per heavy atom. The molecule has 1 aliphatic heterocycles. The van der Waals surface area contributed by atoms with Gasteiger partial charge < -0.3 is 9.64 Å². The van der Waals surface area contributed by atoms with Gasteiger partial charge in [-0.3, -0.25) is 4.79 Å². The molecule has 0 radical (unpaired) electrons. The van der Waals surface area contributed by atoms with Crippen LogP contribution in [0.1, 0.15) is 26.3 Å². The summed E-state index contributed by atoms with van der Waals surface area (Å²) in [5, 5.41) is 0. The number of para-hydroxylation sites is 1. The molecule has 1 heterocycles. The number of halogens is 1. The molecule has 0 saturated carbocycles. The highest BCUT2D eigenvalue weighted by Gasteiger charge is 2.37. The van der Waals surface area contributed by atoms with Crippen LogP contribution in [0.2, 0.25) is 0 Å². The van der Waals surface area contributed by atoms with Crippen molar-refractivity contribution in [2.24, 2.45) is 0 Å². The molecule has 1 aliphatic rings. The third kappa shape index (κ3) is 4.22. The molecule has 0 fully saturated rings. The molecule has 0 N–H and O–H groups in total. The maximum Gasteiger partial charge on any atom is 0.264 e. The monoisotopic (exact) mass is 343 g/mol. The fourth-order valence-corrected chi connectivity index (χ4v) is 3.09. The van der Waals surface area contributed by atoms with Gasteiger partial charge in [0.2, 0.25) is 0 Å². The van der Waals surface area contributed by atoms with Crippen LogP contribution in [0.5, 0.6) is 5.75 Å². The topological polar surface area (TPSA) is 63.7 Å². The number of amides is 1. The minimum Gasteiger partial charge on any atom is -0.477 e. The number of sulfone groups is 1. The molecule has 1 aromatic rings. The van der Waals surface area contributed by atoms with Gasteiger partial charge in [-0.2, -0.15) is 0 Å². The highest BCUT2D eigenvalue weighted by molar-refractivity contribution is 7.90. The highest BCUT2D eigenvalue weighted by Crippen LogP contribution is 2.32. The number of hydrogen-bond donors (Lipinski definition) is 0. The number of nitrogens with zero attached hydrogens (tertiary/aromatic N) is 1. The molecule has 1 amide bonds. The van der Waals surface area contributed by atoms with Gasteiger partial charge in [0.05, 0.1) is 5.75 Å². The Morgan fingerprint density at radius 3 is 2.57 bits per heavy atom. The largest absolute Gasteiger partial charge is 0.477 e. The van der Waals surface area contributed by atoms with E-state index in [1.807, 2.05) is 20.8 Å². The van der Waals surface area contributed by atoms with Gasteiger partial charge in [-0.1, -0.05) is 12.1 Å². The summed E-state index contributed by atoms with van der Waals surface area (Å²) >= 11 is 0. The van der Waals surface area contributed by atoms with E-state index in [2.05, 4.69) is 0 Å². The molecule has 23 heavy (non-hydrogen) atoms. The van der Waals surface area contributed by atoms with Crippen LogP contribution in [-0.4, -0.2) is 49.4 Å². The molecule has 0 bridgehead atoms. The van der Waals surface area contributed by atoms with E-state index in [4.69, 9.17) is 4.74 Å². The normalized spacial score (nSPS) is 17.5. The second-order valence-electron chi connectivity index (χ2n) is 6.83. The Hall–Kier alpha value is -1.63. The Morgan fingerprint density at radius 2 is 2.04 bits per heavy atom. The predicted octanol–water partition coefficient (Wildman–Crippen LogP) is 1.80. The minimum atomic E-state index is -3.19. The predicted molar refractivity (Wildman–Crippen MR) is 85.7 cm³/mol. The smallest absolute Gasteiger partial charge is 0.264 e. The van der Waals surface area contributed by atoms with Crippen molar-refractivity contribution in [1.82, 2.24) is 4.90 Å². The Kier molecular flexibility index (Phi) is 4.71. The summed E-state index contributed by atoms with van der Waals surface area (Å²) < 4.78 is 42.1. The van der Waals surface area contributed by atoms with Crippen molar-refractivity contribution >= 4 is 15.7 Å². The summed E-state index contributed by atoms with van der Waals surface area (Å²) in [4.78, 5) is 14.3. The van der Waals surface area contributed by atoms with E-state index in [0.717, 1.165) is 6.26 Å². The average molecular weight is 343 g/mol. The number of hydrogen-bond acceptors (Lipinski definition) is 4. The molecule has 0 aliphatic carbocycles. The van der Waals surface area contributed by atoms with E-state index in [-0.39, 0.29) is 30.4 Å². The van der Waals surface area contributed by atoms with Crippen molar-refractivity contribution in [2.45, 2.75) is 38.8 Å². The van der Waals surface area contributed by atoms with Crippen LogP contribution >= 0.6 is 0 Å². The zero-order valence-electron chi connectivity index (χ0n) is 13.8. The Labute approximate surface area is 136 Å². The van der Waals surface area contributed by atoms with E-state index >= 15 is 0 Å². The second-order valence-corrected chi connectivity index (χ2v) is 9.09. The van der Waals surface area contributed by atoms with Crippen LogP contribution in [0, 0.1) is 5.82 Å². The Balaban J connectivity index is 2.18. The SMILES string of the molecule is CC(C)(C)N(CCS(C)(=O)=O)C(=O)C1Cc2cccc(F)c2O1. The number of carbonyl (C=O) groups excluding carboxylic acids is 1. The van der Waals surface area contributed by atoms with Crippen molar-refractivity contribution < 1.29 is 22.3 Å². The van der Waals surface area contributed by atoms with Crippen molar-refractivity contribution in [2.75, 3.05) is 18.6 Å². The molecule has 1 unspecified atom stereocenters. The molecule has 2 rings (SSSR count). The number of rotatable bonds is 4. The first-order valence-electron chi connectivity index (χ1n) is 7.42. The average Bonchev–Trinajstić information content (AvgIpc) is 2.81. The van der Waals surface area contributed by atoms with Crippen LogP contribution in [0.3, 0.4) is 0 Å². The molecule has 1 atom stereocenters. The van der Waals surface area contributed by atoms with E-state index in [0.29, 0.717) is 5.56 Å². The van der Waals surface area contributed by atoms with Gasteiger partial charge >= 0.3 is 0 Å². The van der Waals surface area contributed by atoms with Gasteiger partial charge in [-0.15, -0.1) is 0 Å². The van der Waals surface area contributed by atoms with E-state index in [1.54, 1.807) is 12.1 Å². The van der Waals surface area contributed by atoms with Crippen LogP contribution in [-0.2, 0) is 21.1 Å². The lowest BCUT2D eigenvalue weighted by molar-refractivity contribution is -0.142. The Bertz CT molecular complexity index is 709. The maximum atomic E-state index is 13.7. The fraction of sp³-hybridized carbons (Fsp3) is 0.562. The first kappa shape index (κ1) is 17.7. The molecule has 0 aromatic heterocycles. The summed E-state index contributed by atoms with van der Waals surface area (Å²) in [6.45, 7) is 5.57. The van der Waals surface area contributed by atoms with E-state index < -0.39 is 27.3 Å². The first-order valence-corrected chi connectivity index (χ1v) is 9.48. The molecular formula is C16H22FNO4S. The summed E-state index contributed by atoms with van der Waals surface area (Å²) in [5.74, 6) is -0.819.